The highest BCUT2D eigenvalue weighted by atomic mass is 32.1. The lowest BCUT2D eigenvalue weighted by Crippen LogP contribution is -2.11. The highest BCUT2D eigenvalue weighted by Crippen LogP contribution is 2.17. The monoisotopic (exact) mass is 305 g/mol. The van der Waals surface area contributed by atoms with Gasteiger partial charge in [-0.05, 0) is 13.8 Å². The number of thiazole rings is 1. The second-order valence-corrected chi connectivity index (χ2v) is 6.18. The molecule has 0 aliphatic carbocycles. The van der Waals surface area contributed by atoms with Crippen molar-refractivity contribution < 1.29 is 0 Å². The van der Waals surface area contributed by atoms with Gasteiger partial charge in [0.15, 0.2) is 0 Å². The van der Waals surface area contributed by atoms with E-state index in [0.717, 1.165) is 47.7 Å². The molecule has 2 rings (SSSR count). The molecule has 0 unspecified atom stereocenters. The van der Waals surface area contributed by atoms with Crippen molar-refractivity contribution in [3.05, 3.63) is 28.0 Å². The van der Waals surface area contributed by atoms with E-state index < -0.39 is 0 Å². The van der Waals surface area contributed by atoms with Crippen LogP contribution in [0.3, 0.4) is 0 Å². The van der Waals surface area contributed by atoms with Gasteiger partial charge in [0.05, 0.1) is 5.01 Å². The van der Waals surface area contributed by atoms with Gasteiger partial charge in [-0.2, -0.15) is 0 Å². The van der Waals surface area contributed by atoms with E-state index in [9.17, 15) is 0 Å². The number of nitrogens with zero attached hydrogens (tertiary/aromatic N) is 3. The second-order valence-electron chi connectivity index (χ2n) is 5.24. The van der Waals surface area contributed by atoms with Gasteiger partial charge in [-0.25, -0.2) is 15.0 Å². The molecule has 0 aromatic carbocycles. The summed E-state index contributed by atoms with van der Waals surface area (Å²) in [7, 11) is 0. The molecule has 0 amide bonds. The molecular formula is C15H23N5S. The number of nitrogens with one attached hydrogen (secondary N) is 2. The van der Waals surface area contributed by atoms with Crippen LogP contribution in [0.2, 0.25) is 0 Å². The highest BCUT2D eigenvalue weighted by Gasteiger charge is 2.08. The summed E-state index contributed by atoms with van der Waals surface area (Å²) in [6.07, 6.45) is 0.913. The molecule has 6 heteroatoms. The molecule has 0 saturated heterocycles. The van der Waals surface area contributed by atoms with E-state index in [1.807, 2.05) is 13.0 Å². The fourth-order valence-electron chi connectivity index (χ4n) is 1.90. The second kappa shape index (κ2) is 7.36. The first-order valence-corrected chi connectivity index (χ1v) is 8.24. The quantitative estimate of drug-likeness (QED) is 0.820. The lowest BCUT2D eigenvalue weighted by Gasteiger charge is -2.12. The number of hydrogen-bond donors (Lipinski definition) is 2. The summed E-state index contributed by atoms with van der Waals surface area (Å²) in [4.78, 5) is 13.6. The Morgan fingerprint density at radius 3 is 2.43 bits per heavy atom. The van der Waals surface area contributed by atoms with E-state index in [4.69, 9.17) is 0 Å². The van der Waals surface area contributed by atoms with Gasteiger partial charge in [0.2, 0.25) is 0 Å². The molecule has 0 atom stereocenters. The number of aryl methyl sites for hydroxylation is 1. The van der Waals surface area contributed by atoms with E-state index in [-0.39, 0.29) is 0 Å². The van der Waals surface area contributed by atoms with Crippen LogP contribution in [0, 0.1) is 6.92 Å². The highest BCUT2D eigenvalue weighted by molar-refractivity contribution is 7.09. The fourth-order valence-corrected chi connectivity index (χ4v) is 2.68. The summed E-state index contributed by atoms with van der Waals surface area (Å²) in [6, 6.07) is 1.96. The Kier molecular flexibility index (Phi) is 5.50. The predicted molar refractivity (Wildman–Crippen MR) is 89.3 cm³/mol. The van der Waals surface area contributed by atoms with Crippen molar-refractivity contribution >= 4 is 23.0 Å². The third kappa shape index (κ3) is 4.67. The first kappa shape index (κ1) is 15.7. The van der Waals surface area contributed by atoms with Crippen LogP contribution in [-0.4, -0.2) is 28.0 Å². The molecule has 0 aliphatic heterocycles. The van der Waals surface area contributed by atoms with Crippen LogP contribution in [0.5, 0.6) is 0 Å². The van der Waals surface area contributed by atoms with Gasteiger partial charge in [-0.3, -0.25) is 0 Å². The smallest absolute Gasteiger partial charge is 0.135 e. The van der Waals surface area contributed by atoms with Crippen molar-refractivity contribution in [2.45, 2.75) is 40.0 Å². The molecule has 2 heterocycles. The van der Waals surface area contributed by atoms with Crippen LogP contribution in [0.1, 0.15) is 43.2 Å². The maximum absolute atomic E-state index is 4.57. The minimum atomic E-state index is 0.311. The van der Waals surface area contributed by atoms with Crippen molar-refractivity contribution in [2.24, 2.45) is 0 Å². The maximum atomic E-state index is 4.57. The molecule has 0 saturated carbocycles. The molecule has 114 valence electrons. The van der Waals surface area contributed by atoms with Crippen LogP contribution in [0.4, 0.5) is 11.6 Å². The van der Waals surface area contributed by atoms with Gasteiger partial charge in [-0.15, -0.1) is 11.3 Å². The Balaban J connectivity index is 2.00. The first-order chi connectivity index (χ1) is 10.1. The van der Waals surface area contributed by atoms with Crippen molar-refractivity contribution in [1.29, 1.82) is 0 Å². The summed E-state index contributed by atoms with van der Waals surface area (Å²) in [5.74, 6) is 2.92. The SMILES string of the molecule is CCNc1cc(NCCc2nc(C)cs2)nc(C(C)C)n1. The molecule has 0 aliphatic rings. The molecule has 2 N–H and O–H groups in total. The van der Waals surface area contributed by atoms with Crippen LogP contribution in [0.15, 0.2) is 11.4 Å². The summed E-state index contributed by atoms with van der Waals surface area (Å²) < 4.78 is 0. The van der Waals surface area contributed by atoms with Crippen LogP contribution < -0.4 is 10.6 Å². The Morgan fingerprint density at radius 2 is 1.86 bits per heavy atom. The summed E-state index contributed by atoms with van der Waals surface area (Å²) >= 11 is 1.71. The van der Waals surface area contributed by atoms with Crippen LogP contribution in [-0.2, 0) is 6.42 Å². The van der Waals surface area contributed by atoms with Gasteiger partial charge in [0, 0.05) is 42.6 Å². The zero-order chi connectivity index (χ0) is 15.2. The standard InChI is InChI=1S/C15H23N5S/c1-5-16-12-8-13(20-15(19-12)10(2)3)17-7-6-14-18-11(4)9-21-14/h8-10H,5-7H2,1-4H3,(H2,16,17,19,20). The molecule has 0 radical (unpaired) electrons. The number of anilines is 2. The molecule has 0 bridgehead atoms. The topological polar surface area (TPSA) is 62.7 Å². The van der Waals surface area contributed by atoms with E-state index in [1.165, 1.54) is 0 Å². The minimum absolute atomic E-state index is 0.311. The molecule has 0 spiro atoms. The van der Waals surface area contributed by atoms with E-state index in [0.29, 0.717) is 5.92 Å². The minimum Gasteiger partial charge on any atom is -0.370 e. The third-order valence-corrected chi connectivity index (χ3v) is 3.96. The molecule has 0 fully saturated rings. The number of rotatable bonds is 7. The normalized spacial score (nSPS) is 10.9. The zero-order valence-electron chi connectivity index (χ0n) is 13.1. The Hall–Kier alpha value is -1.69. The fraction of sp³-hybridized carbons (Fsp3) is 0.533. The Morgan fingerprint density at radius 1 is 1.14 bits per heavy atom. The van der Waals surface area contributed by atoms with Gasteiger partial charge < -0.3 is 10.6 Å². The first-order valence-electron chi connectivity index (χ1n) is 7.36. The molecular weight excluding hydrogens is 282 g/mol. The van der Waals surface area contributed by atoms with Gasteiger partial charge >= 0.3 is 0 Å². The average Bonchev–Trinajstić information content (AvgIpc) is 2.84. The largest absolute Gasteiger partial charge is 0.370 e. The van der Waals surface area contributed by atoms with E-state index >= 15 is 0 Å². The van der Waals surface area contributed by atoms with Crippen LogP contribution in [0.25, 0.3) is 0 Å². The third-order valence-electron chi connectivity index (χ3n) is 2.93. The average molecular weight is 305 g/mol. The summed E-state index contributed by atoms with van der Waals surface area (Å²) in [5, 5.41) is 9.87. The maximum Gasteiger partial charge on any atom is 0.135 e. The van der Waals surface area contributed by atoms with Crippen molar-refractivity contribution in [3.8, 4) is 0 Å². The lowest BCUT2D eigenvalue weighted by atomic mass is 10.2. The summed E-state index contributed by atoms with van der Waals surface area (Å²) in [6.45, 7) is 9.98. The number of hydrogen-bond acceptors (Lipinski definition) is 6. The zero-order valence-corrected chi connectivity index (χ0v) is 13.9. The Labute approximate surface area is 130 Å². The van der Waals surface area contributed by atoms with E-state index in [1.54, 1.807) is 11.3 Å². The van der Waals surface area contributed by atoms with Crippen LogP contribution >= 0.6 is 11.3 Å². The molecule has 2 aromatic heterocycles. The lowest BCUT2D eigenvalue weighted by molar-refractivity contribution is 0.774. The van der Waals surface area contributed by atoms with Gasteiger partial charge in [0.1, 0.15) is 17.5 Å². The Bertz CT molecular complexity index is 579. The molecule has 5 nitrogen and oxygen atoms in total. The van der Waals surface area contributed by atoms with Crippen molar-refractivity contribution in [2.75, 3.05) is 23.7 Å². The van der Waals surface area contributed by atoms with Crippen molar-refractivity contribution in [3.63, 3.8) is 0 Å². The molecule has 2 aromatic rings. The van der Waals surface area contributed by atoms with E-state index in [2.05, 4.69) is 51.7 Å². The molecule has 21 heavy (non-hydrogen) atoms. The predicted octanol–water partition coefficient (Wildman–Crippen LogP) is 3.45. The van der Waals surface area contributed by atoms with Crippen molar-refractivity contribution in [1.82, 2.24) is 15.0 Å². The summed E-state index contributed by atoms with van der Waals surface area (Å²) in [5.41, 5.74) is 1.09. The van der Waals surface area contributed by atoms with Gasteiger partial charge in [0.25, 0.3) is 0 Å². The van der Waals surface area contributed by atoms with Gasteiger partial charge in [-0.1, -0.05) is 13.8 Å². The number of aromatic nitrogens is 3.